The van der Waals surface area contributed by atoms with E-state index in [2.05, 4.69) is 18.9 Å². The van der Waals surface area contributed by atoms with Gasteiger partial charge in [0.2, 0.25) is 5.88 Å². The molecule has 0 spiro atoms. The van der Waals surface area contributed by atoms with Crippen LogP contribution in [-0.4, -0.2) is 29.1 Å². The van der Waals surface area contributed by atoms with Crippen LogP contribution >= 0.6 is 0 Å². The number of hydrogen-bond donors (Lipinski definition) is 1. The molecule has 96 valence electrons. The molecule has 5 heteroatoms. The van der Waals surface area contributed by atoms with E-state index in [1.807, 2.05) is 7.05 Å². The Morgan fingerprint density at radius 3 is 2.59 bits per heavy atom. The van der Waals surface area contributed by atoms with Gasteiger partial charge in [-0.3, -0.25) is 0 Å². The van der Waals surface area contributed by atoms with Crippen molar-refractivity contribution in [3.8, 4) is 5.88 Å². The van der Waals surface area contributed by atoms with Crippen LogP contribution in [0, 0.1) is 0 Å². The second-order valence-electron chi connectivity index (χ2n) is 4.81. The summed E-state index contributed by atoms with van der Waals surface area (Å²) in [5.74, 6) is 1.01. The van der Waals surface area contributed by atoms with Gasteiger partial charge in [-0.2, -0.15) is 5.10 Å². The molecule has 1 saturated heterocycles. The summed E-state index contributed by atoms with van der Waals surface area (Å²) in [6.07, 6.45) is 2.03. The van der Waals surface area contributed by atoms with Crippen molar-refractivity contribution >= 4 is 5.69 Å². The fourth-order valence-corrected chi connectivity index (χ4v) is 2.06. The third-order valence-electron chi connectivity index (χ3n) is 3.05. The van der Waals surface area contributed by atoms with Gasteiger partial charge < -0.3 is 15.2 Å². The standard InChI is InChI=1S/C12H21N3O2/c1-8(2)11-10(13)12(15(3)14-11)17-9-4-6-16-7-5-9/h8-9H,4-7,13H2,1-3H3. The number of hydrogen-bond acceptors (Lipinski definition) is 4. The minimum absolute atomic E-state index is 0.196. The van der Waals surface area contributed by atoms with Crippen LogP contribution < -0.4 is 10.5 Å². The molecule has 2 rings (SSSR count). The van der Waals surface area contributed by atoms with Crippen LogP contribution in [0.5, 0.6) is 5.88 Å². The lowest BCUT2D eigenvalue weighted by molar-refractivity contribution is 0.0224. The molecule has 0 unspecified atom stereocenters. The summed E-state index contributed by atoms with van der Waals surface area (Å²) in [7, 11) is 1.87. The fraction of sp³-hybridized carbons (Fsp3) is 0.750. The number of nitrogens with two attached hydrogens (primary N) is 1. The Morgan fingerprint density at radius 1 is 1.41 bits per heavy atom. The zero-order chi connectivity index (χ0) is 12.4. The monoisotopic (exact) mass is 239 g/mol. The van der Waals surface area contributed by atoms with Crippen LogP contribution in [0.15, 0.2) is 0 Å². The number of nitrogens with zero attached hydrogens (tertiary/aromatic N) is 2. The maximum Gasteiger partial charge on any atom is 0.236 e. The topological polar surface area (TPSA) is 62.3 Å². The maximum absolute atomic E-state index is 6.08. The Morgan fingerprint density at radius 2 is 2.06 bits per heavy atom. The van der Waals surface area contributed by atoms with Crippen LogP contribution in [0.25, 0.3) is 0 Å². The highest BCUT2D eigenvalue weighted by Gasteiger charge is 2.22. The highest BCUT2D eigenvalue weighted by molar-refractivity contribution is 5.54. The third-order valence-corrected chi connectivity index (χ3v) is 3.05. The maximum atomic E-state index is 6.08. The largest absolute Gasteiger partial charge is 0.473 e. The quantitative estimate of drug-likeness (QED) is 0.871. The van der Waals surface area contributed by atoms with E-state index in [1.165, 1.54) is 0 Å². The molecule has 1 fully saturated rings. The Labute approximate surface area is 102 Å². The number of aryl methyl sites for hydroxylation is 1. The van der Waals surface area contributed by atoms with Crippen molar-refractivity contribution in [2.45, 2.75) is 38.7 Å². The zero-order valence-electron chi connectivity index (χ0n) is 10.8. The summed E-state index contributed by atoms with van der Waals surface area (Å²) in [5.41, 5.74) is 7.67. The van der Waals surface area contributed by atoms with Gasteiger partial charge in [-0.1, -0.05) is 13.8 Å². The first kappa shape index (κ1) is 12.2. The Balaban J connectivity index is 2.14. The Bertz CT molecular complexity index is 381. The molecule has 0 amide bonds. The van der Waals surface area contributed by atoms with E-state index in [4.69, 9.17) is 15.2 Å². The fourth-order valence-electron chi connectivity index (χ4n) is 2.06. The molecule has 0 saturated carbocycles. The first-order valence-electron chi connectivity index (χ1n) is 6.16. The van der Waals surface area contributed by atoms with Crippen LogP contribution in [0.4, 0.5) is 5.69 Å². The summed E-state index contributed by atoms with van der Waals surface area (Å²) in [6, 6.07) is 0. The van der Waals surface area contributed by atoms with Crippen molar-refractivity contribution in [3.63, 3.8) is 0 Å². The van der Waals surface area contributed by atoms with Crippen molar-refractivity contribution in [3.05, 3.63) is 5.69 Å². The predicted molar refractivity (Wildman–Crippen MR) is 66.2 cm³/mol. The highest BCUT2D eigenvalue weighted by Crippen LogP contribution is 2.31. The van der Waals surface area contributed by atoms with Gasteiger partial charge in [0.1, 0.15) is 11.8 Å². The normalized spacial score (nSPS) is 17.6. The van der Waals surface area contributed by atoms with Crippen molar-refractivity contribution in [2.24, 2.45) is 7.05 Å². The van der Waals surface area contributed by atoms with Crippen molar-refractivity contribution in [2.75, 3.05) is 18.9 Å². The summed E-state index contributed by atoms with van der Waals surface area (Å²) in [4.78, 5) is 0. The molecule has 1 aliphatic rings. The van der Waals surface area contributed by atoms with E-state index in [0.29, 0.717) is 17.5 Å². The molecular weight excluding hydrogens is 218 g/mol. The molecule has 1 aliphatic heterocycles. The molecule has 0 bridgehead atoms. The Kier molecular flexibility index (Phi) is 3.57. The lowest BCUT2D eigenvalue weighted by atomic mass is 10.1. The van der Waals surface area contributed by atoms with Gasteiger partial charge in [-0.15, -0.1) is 0 Å². The molecule has 0 atom stereocenters. The molecular formula is C12H21N3O2. The molecule has 17 heavy (non-hydrogen) atoms. The average Bonchev–Trinajstić information content (AvgIpc) is 2.58. The molecule has 0 radical (unpaired) electrons. The van der Waals surface area contributed by atoms with Gasteiger partial charge in [0.05, 0.1) is 18.9 Å². The zero-order valence-corrected chi connectivity index (χ0v) is 10.8. The van der Waals surface area contributed by atoms with Crippen molar-refractivity contribution in [1.29, 1.82) is 0 Å². The number of rotatable bonds is 3. The average molecular weight is 239 g/mol. The van der Waals surface area contributed by atoms with E-state index in [-0.39, 0.29) is 6.10 Å². The van der Waals surface area contributed by atoms with Gasteiger partial charge in [0, 0.05) is 19.9 Å². The second kappa shape index (κ2) is 4.96. The van der Waals surface area contributed by atoms with Crippen LogP contribution in [0.1, 0.15) is 38.3 Å². The molecule has 2 heterocycles. The van der Waals surface area contributed by atoms with E-state index in [1.54, 1.807) is 4.68 Å². The molecule has 1 aromatic heterocycles. The number of anilines is 1. The minimum Gasteiger partial charge on any atom is -0.473 e. The van der Waals surface area contributed by atoms with Gasteiger partial charge in [0.15, 0.2) is 0 Å². The first-order chi connectivity index (χ1) is 8.09. The van der Waals surface area contributed by atoms with E-state index in [9.17, 15) is 0 Å². The van der Waals surface area contributed by atoms with Gasteiger partial charge >= 0.3 is 0 Å². The molecule has 0 aliphatic carbocycles. The van der Waals surface area contributed by atoms with E-state index < -0.39 is 0 Å². The Hall–Kier alpha value is -1.23. The smallest absolute Gasteiger partial charge is 0.236 e. The lowest BCUT2D eigenvalue weighted by Gasteiger charge is -2.23. The summed E-state index contributed by atoms with van der Waals surface area (Å²) in [6.45, 7) is 5.69. The minimum atomic E-state index is 0.196. The summed E-state index contributed by atoms with van der Waals surface area (Å²) < 4.78 is 13.0. The van der Waals surface area contributed by atoms with Crippen LogP contribution in [-0.2, 0) is 11.8 Å². The van der Waals surface area contributed by atoms with Gasteiger partial charge in [-0.05, 0) is 5.92 Å². The summed E-state index contributed by atoms with van der Waals surface area (Å²) >= 11 is 0. The predicted octanol–water partition coefficient (Wildman–Crippen LogP) is 1.68. The van der Waals surface area contributed by atoms with Crippen molar-refractivity contribution < 1.29 is 9.47 Å². The summed E-state index contributed by atoms with van der Waals surface area (Å²) in [5, 5.41) is 4.41. The molecule has 5 nitrogen and oxygen atoms in total. The molecule has 0 aromatic carbocycles. The number of aromatic nitrogens is 2. The van der Waals surface area contributed by atoms with Gasteiger partial charge in [0.25, 0.3) is 0 Å². The second-order valence-corrected chi connectivity index (χ2v) is 4.81. The van der Waals surface area contributed by atoms with Crippen LogP contribution in [0.3, 0.4) is 0 Å². The molecule has 2 N–H and O–H groups in total. The first-order valence-corrected chi connectivity index (χ1v) is 6.16. The SMILES string of the molecule is CC(C)c1nn(C)c(OC2CCOCC2)c1N. The molecule has 1 aromatic rings. The number of ether oxygens (including phenoxy) is 2. The van der Waals surface area contributed by atoms with Crippen molar-refractivity contribution in [1.82, 2.24) is 9.78 Å². The van der Waals surface area contributed by atoms with E-state index in [0.717, 1.165) is 31.7 Å². The lowest BCUT2D eigenvalue weighted by Crippen LogP contribution is -2.26. The van der Waals surface area contributed by atoms with Crippen LogP contribution in [0.2, 0.25) is 0 Å². The highest BCUT2D eigenvalue weighted by atomic mass is 16.5. The number of nitrogen functional groups attached to an aromatic ring is 1. The third kappa shape index (κ3) is 2.54. The van der Waals surface area contributed by atoms with E-state index >= 15 is 0 Å². The van der Waals surface area contributed by atoms with Gasteiger partial charge in [-0.25, -0.2) is 4.68 Å².